The van der Waals surface area contributed by atoms with Crippen LogP contribution in [0.1, 0.15) is 49.3 Å². The highest BCUT2D eigenvalue weighted by atomic mass is 15.0. The van der Waals surface area contributed by atoms with Crippen LogP contribution < -0.4 is 5.73 Å². The van der Waals surface area contributed by atoms with Gasteiger partial charge in [-0.25, -0.2) is 4.98 Å². The molecule has 0 aliphatic carbocycles. The maximum Gasteiger partial charge on any atom is 0.131 e. The molecule has 176 valence electrons. The molecule has 0 aliphatic heterocycles. The molecule has 0 spiro atoms. The molecule has 0 aliphatic rings. The summed E-state index contributed by atoms with van der Waals surface area (Å²) in [7, 11) is 0. The zero-order chi connectivity index (χ0) is 24.4. The van der Waals surface area contributed by atoms with Gasteiger partial charge in [0.2, 0.25) is 0 Å². The number of imidazole rings is 1. The Morgan fingerprint density at radius 2 is 1.66 bits per heavy atom. The van der Waals surface area contributed by atoms with Gasteiger partial charge in [-0.15, -0.1) is 0 Å². The topological polar surface area (TPSA) is 82.8 Å². The second-order valence-corrected chi connectivity index (χ2v) is 9.97. The van der Waals surface area contributed by atoms with Gasteiger partial charge in [0.05, 0.1) is 11.9 Å². The van der Waals surface area contributed by atoms with Crippen molar-refractivity contribution in [2.75, 3.05) is 0 Å². The summed E-state index contributed by atoms with van der Waals surface area (Å²) in [5.74, 6) is 1.30. The van der Waals surface area contributed by atoms with E-state index >= 15 is 0 Å². The third-order valence-corrected chi connectivity index (χ3v) is 6.43. The SMILES string of the molecule is CC(C)(C)c1ccc(C(N)=N[C@H](Cc2c[nH]c3ccccc23)c2ncc(-c3ccccc3)[nH]2)cc1. The summed E-state index contributed by atoms with van der Waals surface area (Å²) in [5.41, 5.74) is 13.2. The van der Waals surface area contributed by atoms with Crippen LogP contribution in [0.25, 0.3) is 22.2 Å². The lowest BCUT2D eigenvalue weighted by atomic mass is 9.86. The minimum atomic E-state index is -0.256. The zero-order valence-electron chi connectivity index (χ0n) is 20.4. The molecule has 3 aromatic carbocycles. The summed E-state index contributed by atoms with van der Waals surface area (Å²) in [6, 6.07) is 26.6. The van der Waals surface area contributed by atoms with Gasteiger partial charge in [-0.1, -0.05) is 93.6 Å². The van der Waals surface area contributed by atoms with E-state index in [2.05, 4.69) is 91.5 Å². The predicted molar refractivity (Wildman–Crippen MR) is 145 cm³/mol. The average molecular weight is 462 g/mol. The number of hydrogen-bond acceptors (Lipinski definition) is 2. The van der Waals surface area contributed by atoms with Crippen LogP contribution in [0.3, 0.4) is 0 Å². The highest BCUT2D eigenvalue weighted by molar-refractivity contribution is 5.97. The molecule has 0 amide bonds. The fourth-order valence-corrected chi connectivity index (χ4v) is 4.37. The maximum absolute atomic E-state index is 6.55. The van der Waals surface area contributed by atoms with E-state index in [0.29, 0.717) is 12.3 Å². The number of aromatic amines is 2. The van der Waals surface area contributed by atoms with Crippen LogP contribution in [0.4, 0.5) is 0 Å². The number of nitrogens with zero attached hydrogens (tertiary/aromatic N) is 2. The molecule has 35 heavy (non-hydrogen) atoms. The van der Waals surface area contributed by atoms with Crippen molar-refractivity contribution in [3.05, 3.63) is 114 Å². The molecule has 0 fully saturated rings. The quantitative estimate of drug-likeness (QED) is 0.198. The van der Waals surface area contributed by atoms with Crippen molar-refractivity contribution >= 4 is 16.7 Å². The summed E-state index contributed by atoms with van der Waals surface area (Å²) < 4.78 is 0. The van der Waals surface area contributed by atoms with Crippen molar-refractivity contribution < 1.29 is 0 Å². The Labute approximate surface area is 206 Å². The molecule has 5 heteroatoms. The first-order chi connectivity index (χ1) is 16.9. The van der Waals surface area contributed by atoms with Crippen LogP contribution in [-0.4, -0.2) is 20.8 Å². The lowest BCUT2D eigenvalue weighted by Crippen LogP contribution is -2.17. The lowest BCUT2D eigenvalue weighted by molar-refractivity contribution is 0.590. The highest BCUT2D eigenvalue weighted by Crippen LogP contribution is 2.28. The third kappa shape index (κ3) is 4.90. The van der Waals surface area contributed by atoms with Crippen molar-refractivity contribution in [1.82, 2.24) is 15.0 Å². The number of rotatable bonds is 6. The molecule has 0 bridgehead atoms. The largest absolute Gasteiger partial charge is 0.383 e. The van der Waals surface area contributed by atoms with Crippen LogP contribution in [0.5, 0.6) is 0 Å². The van der Waals surface area contributed by atoms with E-state index < -0.39 is 0 Å². The van der Waals surface area contributed by atoms with E-state index in [-0.39, 0.29) is 11.5 Å². The Morgan fingerprint density at radius 1 is 0.943 bits per heavy atom. The number of fused-ring (bicyclic) bond motifs is 1. The van der Waals surface area contributed by atoms with Crippen molar-refractivity contribution in [2.45, 2.75) is 38.6 Å². The summed E-state index contributed by atoms with van der Waals surface area (Å²) in [4.78, 5) is 16.6. The summed E-state index contributed by atoms with van der Waals surface area (Å²) in [6.07, 6.45) is 4.60. The van der Waals surface area contributed by atoms with Gasteiger partial charge in [0, 0.05) is 29.1 Å². The molecule has 5 aromatic rings. The molecule has 0 saturated carbocycles. The number of aromatic nitrogens is 3. The van der Waals surface area contributed by atoms with Gasteiger partial charge in [0.25, 0.3) is 0 Å². The molecule has 2 aromatic heterocycles. The molecule has 0 saturated heterocycles. The van der Waals surface area contributed by atoms with Crippen molar-refractivity contribution in [1.29, 1.82) is 0 Å². The first-order valence-electron chi connectivity index (χ1n) is 12.0. The first-order valence-corrected chi connectivity index (χ1v) is 12.0. The molecule has 0 unspecified atom stereocenters. The smallest absolute Gasteiger partial charge is 0.131 e. The lowest BCUT2D eigenvalue weighted by Gasteiger charge is -2.19. The first kappa shape index (κ1) is 22.7. The molecule has 1 atom stereocenters. The van der Waals surface area contributed by atoms with E-state index in [4.69, 9.17) is 15.7 Å². The molecule has 0 radical (unpaired) electrons. The monoisotopic (exact) mass is 461 g/mol. The fraction of sp³-hybridized carbons (Fsp3) is 0.200. The van der Waals surface area contributed by atoms with Crippen molar-refractivity contribution in [3.63, 3.8) is 0 Å². The molecule has 5 rings (SSSR count). The fourth-order valence-electron chi connectivity index (χ4n) is 4.37. The summed E-state index contributed by atoms with van der Waals surface area (Å²) in [5, 5.41) is 1.19. The molecular formula is C30H31N5. The second-order valence-electron chi connectivity index (χ2n) is 9.97. The van der Waals surface area contributed by atoms with E-state index in [0.717, 1.165) is 28.2 Å². The van der Waals surface area contributed by atoms with Gasteiger partial charge in [-0.3, -0.25) is 4.99 Å². The van der Waals surface area contributed by atoms with Crippen LogP contribution in [0.2, 0.25) is 0 Å². The van der Waals surface area contributed by atoms with E-state index in [1.807, 2.05) is 30.5 Å². The average Bonchev–Trinajstić information content (AvgIpc) is 3.52. The van der Waals surface area contributed by atoms with Gasteiger partial charge >= 0.3 is 0 Å². The molecule has 2 heterocycles. The maximum atomic E-state index is 6.55. The van der Waals surface area contributed by atoms with E-state index in [9.17, 15) is 0 Å². The van der Waals surface area contributed by atoms with E-state index in [1.165, 1.54) is 16.5 Å². The second kappa shape index (κ2) is 9.26. The van der Waals surface area contributed by atoms with Gasteiger partial charge in [0.1, 0.15) is 17.7 Å². The zero-order valence-corrected chi connectivity index (χ0v) is 20.4. The highest BCUT2D eigenvalue weighted by Gasteiger charge is 2.19. The number of aliphatic imine (C=N–C) groups is 1. The number of hydrogen-bond donors (Lipinski definition) is 3. The minimum Gasteiger partial charge on any atom is -0.383 e. The summed E-state index contributed by atoms with van der Waals surface area (Å²) in [6.45, 7) is 6.62. The molecule has 4 N–H and O–H groups in total. The van der Waals surface area contributed by atoms with E-state index in [1.54, 1.807) is 0 Å². The Hall–Kier alpha value is -4.12. The Kier molecular flexibility index (Phi) is 6.00. The number of benzene rings is 3. The number of H-pyrrole nitrogens is 2. The van der Waals surface area contributed by atoms with Crippen molar-refractivity contribution in [3.8, 4) is 11.3 Å². The third-order valence-electron chi connectivity index (χ3n) is 6.43. The van der Waals surface area contributed by atoms with Crippen molar-refractivity contribution in [2.24, 2.45) is 10.7 Å². The molecular weight excluding hydrogens is 430 g/mol. The van der Waals surface area contributed by atoms with Gasteiger partial charge in [-0.2, -0.15) is 0 Å². The van der Waals surface area contributed by atoms with Gasteiger partial charge in [-0.05, 0) is 28.2 Å². The number of para-hydroxylation sites is 1. The van der Waals surface area contributed by atoms with Crippen LogP contribution in [-0.2, 0) is 11.8 Å². The van der Waals surface area contributed by atoms with Crippen LogP contribution >= 0.6 is 0 Å². The van der Waals surface area contributed by atoms with Crippen LogP contribution in [0.15, 0.2) is 96.2 Å². The minimum absolute atomic E-state index is 0.0876. The van der Waals surface area contributed by atoms with Gasteiger partial charge < -0.3 is 15.7 Å². The molecule has 5 nitrogen and oxygen atoms in total. The standard InChI is InChI=1S/C30H31N5/c1-30(2,3)23-15-13-21(14-16-23)28(31)34-26(17-22-18-32-25-12-8-7-11-24(22)25)29-33-19-27(35-29)20-9-5-4-6-10-20/h4-16,18-19,26,32H,17H2,1-3H3,(H2,31,34)(H,33,35)/t26-/m1/s1. The normalized spacial score (nSPS) is 13.3. The predicted octanol–water partition coefficient (Wildman–Crippen LogP) is 6.54. The number of amidine groups is 1. The Morgan fingerprint density at radius 3 is 2.40 bits per heavy atom. The summed E-state index contributed by atoms with van der Waals surface area (Å²) >= 11 is 0. The Bertz CT molecular complexity index is 1450. The number of nitrogens with one attached hydrogen (secondary N) is 2. The Balaban J connectivity index is 1.51. The van der Waals surface area contributed by atoms with Gasteiger partial charge in [0.15, 0.2) is 0 Å². The van der Waals surface area contributed by atoms with Crippen LogP contribution in [0, 0.1) is 0 Å². The number of nitrogens with two attached hydrogens (primary N) is 1.